The van der Waals surface area contributed by atoms with Gasteiger partial charge in [0.05, 0.1) is 6.10 Å². The van der Waals surface area contributed by atoms with Gasteiger partial charge in [-0.2, -0.15) is 0 Å². The molecule has 3 aliphatic carbocycles. The molecule has 30 heavy (non-hydrogen) atoms. The topological polar surface area (TPSA) is 70.0 Å². The molecule has 2 saturated carbocycles. The summed E-state index contributed by atoms with van der Waals surface area (Å²) in [5, 5.41) is 20.9. The van der Waals surface area contributed by atoms with Crippen molar-refractivity contribution in [2.45, 2.75) is 57.5 Å². The Morgan fingerprint density at radius 2 is 1.93 bits per heavy atom. The average molecular weight is 456 g/mol. The number of benzene rings is 1. The van der Waals surface area contributed by atoms with Gasteiger partial charge in [0.2, 0.25) is 0 Å². The van der Waals surface area contributed by atoms with Crippen molar-refractivity contribution in [3.8, 4) is 11.5 Å². The second kappa shape index (κ2) is 8.76. The van der Waals surface area contributed by atoms with Gasteiger partial charge in [-0.3, -0.25) is 0 Å². The number of alkyl halides is 2. The number of amides is 1. The molecule has 1 aromatic rings. The summed E-state index contributed by atoms with van der Waals surface area (Å²) in [5.41, 5.74) is 2.13. The highest BCUT2D eigenvalue weighted by Gasteiger charge is 2.54. The largest absolute Gasteiger partial charge is 0.508 e. The number of hydrogen-bond donors (Lipinski definition) is 2. The second-order valence-corrected chi connectivity index (χ2v) is 10.1. The zero-order valence-electron chi connectivity index (χ0n) is 17.4. The van der Waals surface area contributed by atoms with Crippen LogP contribution < -0.4 is 4.74 Å². The molecular weight excluding hydrogens is 425 g/mol. The van der Waals surface area contributed by atoms with E-state index in [1.54, 1.807) is 6.07 Å². The fraction of sp³-hybridized carbons (Fsp3) is 0.696. The van der Waals surface area contributed by atoms with Crippen molar-refractivity contribution in [2.24, 2.45) is 17.3 Å². The number of fused-ring (bicyclic) bond motifs is 5. The Kier molecular flexibility index (Phi) is 6.43. The smallest absolute Gasteiger partial charge is 0.415 e. The van der Waals surface area contributed by atoms with Crippen LogP contribution in [-0.4, -0.2) is 52.2 Å². The van der Waals surface area contributed by atoms with Crippen molar-refractivity contribution in [3.63, 3.8) is 0 Å². The fourth-order valence-corrected chi connectivity index (χ4v) is 6.79. The van der Waals surface area contributed by atoms with Crippen LogP contribution in [0, 0.1) is 17.3 Å². The van der Waals surface area contributed by atoms with E-state index in [9.17, 15) is 15.0 Å². The van der Waals surface area contributed by atoms with Gasteiger partial charge in [0.15, 0.2) is 0 Å². The third kappa shape index (κ3) is 3.78. The van der Waals surface area contributed by atoms with E-state index in [0.717, 1.165) is 49.7 Å². The van der Waals surface area contributed by atoms with Gasteiger partial charge in [0, 0.05) is 36.5 Å². The van der Waals surface area contributed by atoms with Crippen LogP contribution in [-0.2, 0) is 6.42 Å². The summed E-state index contributed by atoms with van der Waals surface area (Å²) in [6.07, 6.45) is 5.06. The Morgan fingerprint density at radius 3 is 2.63 bits per heavy atom. The van der Waals surface area contributed by atoms with Gasteiger partial charge in [-0.1, -0.05) is 6.92 Å². The third-order valence-corrected chi connectivity index (χ3v) is 8.22. The highest BCUT2D eigenvalue weighted by atomic mass is 35.5. The van der Waals surface area contributed by atoms with E-state index in [1.807, 2.05) is 6.07 Å². The lowest BCUT2D eigenvalue weighted by Gasteiger charge is -2.50. The van der Waals surface area contributed by atoms with Gasteiger partial charge in [-0.25, -0.2) is 4.79 Å². The minimum atomic E-state index is -0.483. The van der Waals surface area contributed by atoms with E-state index in [2.05, 4.69) is 6.92 Å². The third-order valence-electron chi connectivity index (χ3n) is 7.88. The standard InChI is InChI=1S/C23H31Cl2NO4/c1-23-7-6-17-16(18(23)4-5-20(23)28)3-2-14-12-15(27)13-19(21(14)17)30-22(29)26(10-8-24)11-9-25/h12-13,16-18,20,27-28H,2-11H2,1H3/t16-,17-,18-,20-,23-/m0/s1. The van der Waals surface area contributed by atoms with E-state index in [0.29, 0.717) is 42.4 Å². The summed E-state index contributed by atoms with van der Waals surface area (Å²) < 4.78 is 5.83. The Morgan fingerprint density at radius 1 is 1.20 bits per heavy atom. The number of ether oxygens (including phenoxy) is 1. The first-order valence-corrected chi connectivity index (χ1v) is 12.1. The normalized spacial score (nSPS) is 32.1. The van der Waals surface area contributed by atoms with Crippen LogP contribution in [0.2, 0.25) is 0 Å². The molecule has 0 aliphatic heterocycles. The van der Waals surface area contributed by atoms with E-state index in [1.165, 1.54) is 4.90 Å². The van der Waals surface area contributed by atoms with Crippen molar-refractivity contribution in [1.82, 2.24) is 4.90 Å². The molecule has 0 heterocycles. The van der Waals surface area contributed by atoms with Crippen LogP contribution >= 0.6 is 23.2 Å². The van der Waals surface area contributed by atoms with Gasteiger partial charge in [-0.05, 0) is 73.3 Å². The van der Waals surface area contributed by atoms with Crippen molar-refractivity contribution >= 4 is 29.3 Å². The summed E-state index contributed by atoms with van der Waals surface area (Å²) in [7, 11) is 0. The molecule has 0 unspecified atom stereocenters. The van der Waals surface area contributed by atoms with E-state index >= 15 is 0 Å². The summed E-state index contributed by atoms with van der Waals surface area (Å²) >= 11 is 11.7. The van der Waals surface area contributed by atoms with Crippen LogP contribution in [0.15, 0.2) is 12.1 Å². The Balaban J connectivity index is 1.65. The number of aliphatic hydroxyl groups excluding tert-OH is 1. The number of aromatic hydroxyl groups is 1. The van der Waals surface area contributed by atoms with Crippen LogP contribution in [0.3, 0.4) is 0 Å². The van der Waals surface area contributed by atoms with Crippen LogP contribution in [0.1, 0.15) is 56.1 Å². The minimum absolute atomic E-state index is 0.01000. The van der Waals surface area contributed by atoms with Crippen LogP contribution in [0.5, 0.6) is 11.5 Å². The average Bonchev–Trinajstić information content (AvgIpc) is 3.02. The lowest BCUT2D eigenvalue weighted by atomic mass is 9.55. The SMILES string of the molecule is C[C@]12CC[C@@H]3c4c(cc(O)cc4OC(=O)N(CCCl)CCCl)CC[C@@H]3[C@@H]1CC[C@@H]2O. The van der Waals surface area contributed by atoms with Crippen molar-refractivity contribution in [3.05, 3.63) is 23.3 Å². The molecule has 0 saturated heterocycles. The van der Waals surface area contributed by atoms with Gasteiger partial charge in [-0.15, -0.1) is 23.2 Å². The lowest BCUT2D eigenvalue weighted by Crippen LogP contribution is -2.44. The van der Waals surface area contributed by atoms with Crippen molar-refractivity contribution in [2.75, 3.05) is 24.8 Å². The Hall–Kier alpha value is -1.17. The number of carbonyl (C=O) groups excluding carboxylic acids is 1. The van der Waals surface area contributed by atoms with Gasteiger partial charge < -0.3 is 19.8 Å². The van der Waals surface area contributed by atoms with Crippen LogP contribution in [0.4, 0.5) is 4.79 Å². The molecule has 0 aromatic heterocycles. The number of aryl methyl sites for hydroxylation is 1. The molecule has 0 bridgehead atoms. The summed E-state index contributed by atoms with van der Waals surface area (Å²) in [6, 6.07) is 3.38. The Bertz CT molecular complexity index is 798. The molecular formula is C23H31Cl2NO4. The van der Waals surface area contributed by atoms with Crippen molar-refractivity contribution < 1.29 is 19.7 Å². The maximum Gasteiger partial charge on any atom is 0.415 e. The number of phenolic OH excluding ortho intramolecular Hbond substituents is 1. The maximum atomic E-state index is 12.8. The molecule has 4 rings (SSSR count). The first-order valence-electron chi connectivity index (χ1n) is 11.0. The predicted octanol–water partition coefficient (Wildman–Crippen LogP) is 4.89. The zero-order valence-corrected chi connectivity index (χ0v) is 19.0. The number of carbonyl (C=O) groups is 1. The molecule has 0 spiro atoms. The van der Waals surface area contributed by atoms with Gasteiger partial charge >= 0.3 is 6.09 Å². The molecule has 2 fully saturated rings. The number of halogens is 2. The molecule has 2 N–H and O–H groups in total. The first-order chi connectivity index (χ1) is 14.4. The van der Waals surface area contributed by atoms with Crippen molar-refractivity contribution in [1.29, 1.82) is 0 Å². The molecule has 1 aromatic carbocycles. The molecule has 5 nitrogen and oxygen atoms in total. The molecule has 5 atom stereocenters. The number of hydrogen-bond acceptors (Lipinski definition) is 4. The van der Waals surface area contributed by atoms with Gasteiger partial charge in [0.25, 0.3) is 0 Å². The molecule has 1 amide bonds. The second-order valence-electron chi connectivity index (χ2n) is 9.30. The number of nitrogens with zero attached hydrogens (tertiary/aromatic N) is 1. The lowest BCUT2D eigenvalue weighted by molar-refractivity contribution is -0.0229. The van der Waals surface area contributed by atoms with E-state index in [-0.39, 0.29) is 23.2 Å². The number of rotatable bonds is 5. The summed E-state index contributed by atoms with van der Waals surface area (Å²) in [6.45, 7) is 2.96. The Labute approximate surface area is 188 Å². The first kappa shape index (κ1) is 22.0. The van der Waals surface area contributed by atoms with Crippen LogP contribution in [0.25, 0.3) is 0 Å². The summed E-state index contributed by atoms with van der Waals surface area (Å²) in [5.74, 6) is 2.43. The molecule has 0 radical (unpaired) electrons. The zero-order chi connectivity index (χ0) is 21.5. The fourth-order valence-electron chi connectivity index (χ4n) is 6.38. The monoisotopic (exact) mass is 455 g/mol. The number of aliphatic hydroxyl groups is 1. The maximum absolute atomic E-state index is 12.8. The summed E-state index contributed by atoms with van der Waals surface area (Å²) in [4.78, 5) is 14.3. The molecule has 166 valence electrons. The predicted molar refractivity (Wildman–Crippen MR) is 118 cm³/mol. The minimum Gasteiger partial charge on any atom is -0.508 e. The number of phenols is 1. The van der Waals surface area contributed by atoms with Gasteiger partial charge in [0.1, 0.15) is 11.5 Å². The molecule has 7 heteroatoms. The highest BCUT2D eigenvalue weighted by molar-refractivity contribution is 6.18. The van der Waals surface area contributed by atoms with E-state index in [4.69, 9.17) is 27.9 Å². The quantitative estimate of drug-likeness (QED) is 0.620. The molecule has 3 aliphatic rings. The van der Waals surface area contributed by atoms with E-state index < -0.39 is 6.09 Å². The highest BCUT2D eigenvalue weighted by Crippen LogP contribution is 2.62.